The van der Waals surface area contributed by atoms with Gasteiger partial charge in [0, 0.05) is 18.7 Å². The van der Waals surface area contributed by atoms with Crippen molar-refractivity contribution in [3.63, 3.8) is 0 Å². The molecule has 1 atom stereocenters. The topological polar surface area (TPSA) is 97.8 Å². The highest BCUT2D eigenvalue weighted by Crippen LogP contribution is 2.32. The summed E-state index contributed by atoms with van der Waals surface area (Å²) in [6.45, 7) is 0.152. The normalized spacial score (nSPS) is 19.7. The van der Waals surface area contributed by atoms with E-state index in [-0.39, 0.29) is 30.2 Å². The molecule has 2 aliphatic heterocycles. The maximum Gasteiger partial charge on any atom is 0.256 e. The summed E-state index contributed by atoms with van der Waals surface area (Å²) in [6.07, 6.45) is 2.24. The van der Waals surface area contributed by atoms with E-state index >= 15 is 0 Å². The number of pyridine rings is 1. The van der Waals surface area contributed by atoms with Crippen LogP contribution in [-0.2, 0) is 9.84 Å². The number of hydrogen-bond donors (Lipinski definition) is 1. The first-order valence-electron chi connectivity index (χ1n) is 8.52. The highest BCUT2D eigenvalue weighted by Gasteiger charge is 2.30. The van der Waals surface area contributed by atoms with Gasteiger partial charge in [-0.3, -0.25) is 4.79 Å². The number of anilines is 2. The van der Waals surface area contributed by atoms with Crippen molar-refractivity contribution in [3.05, 3.63) is 42.1 Å². The largest absolute Gasteiger partial charge is 0.454 e. The summed E-state index contributed by atoms with van der Waals surface area (Å²) >= 11 is 0. The second-order valence-corrected chi connectivity index (χ2v) is 8.82. The average Bonchev–Trinajstić information content (AvgIpc) is 3.27. The van der Waals surface area contributed by atoms with Crippen molar-refractivity contribution < 1.29 is 22.7 Å². The van der Waals surface area contributed by atoms with Crippen molar-refractivity contribution in [3.8, 4) is 11.5 Å². The van der Waals surface area contributed by atoms with E-state index in [4.69, 9.17) is 9.47 Å². The zero-order valence-corrected chi connectivity index (χ0v) is 15.5. The SMILES string of the molecule is CN(c1ccc(NC(=O)c2ccc3c(c2)OCO3)nc1)C1CCS(=O)(=O)C1. The highest BCUT2D eigenvalue weighted by molar-refractivity contribution is 7.91. The quantitative estimate of drug-likeness (QED) is 0.850. The molecule has 3 heterocycles. The van der Waals surface area contributed by atoms with E-state index in [1.165, 1.54) is 0 Å². The van der Waals surface area contributed by atoms with Crippen LogP contribution in [-0.4, -0.2) is 50.7 Å². The molecule has 1 N–H and O–H groups in total. The summed E-state index contributed by atoms with van der Waals surface area (Å²) < 4.78 is 33.8. The van der Waals surface area contributed by atoms with Gasteiger partial charge >= 0.3 is 0 Å². The molecule has 1 aromatic heterocycles. The van der Waals surface area contributed by atoms with Crippen LogP contribution >= 0.6 is 0 Å². The molecule has 0 spiro atoms. The first-order chi connectivity index (χ1) is 12.9. The number of nitrogens with one attached hydrogen (secondary N) is 1. The van der Waals surface area contributed by atoms with Gasteiger partial charge in [0.2, 0.25) is 6.79 Å². The number of carbonyl (C=O) groups is 1. The lowest BCUT2D eigenvalue weighted by molar-refractivity contribution is 0.102. The van der Waals surface area contributed by atoms with Crippen LogP contribution in [0, 0.1) is 0 Å². The number of benzene rings is 1. The van der Waals surface area contributed by atoms with Crippen LogP contribution in [0.25, 0.3) is 0 Å². The second kappa shape index (κ2) is 6.73. The number of aromatic nitrogens is 1. The molecule has 142 valence electrons. The van der Waals surface area contributed by atoms with E-state index in [9.17, 15) is 13.2 Å². The van der Waals surface area contributed by atoms with E-state index in [0.29, 0.717) is 29.3 Å². The number of nitrogens with zero attached hydrogens (tertiary/aromatic N) is 2. The zero-order chi connectivity index (χ0) is 19.0. The maximum absolute atomic E-state index is 12.4. The first kappa shape index (κ1) is 17.6. The molecule has 1 aromatic carbocycles. The molecule has 0 bridgehead atoms. The molecule has 8 nitrogen and oxygen atoms in total. The third-order valence-corrected chi connectivity index (χ3v) is 6.54. The van der Waals surface area contributed by atoms with Gasteiger partial charge < -0.3 is 19.7 Å². The number of carbonyl (C=O) groups excluding carboxylic acids is 1. The van der Waals surface area contributed by atoms with Crippen LogP contribution in [0.1, 0.15) is 16.8 Å². The third-order valence-electron chi connectivity index (χ3n) is 4.79. The minimum Gasteiger partial charge on any atom is -0.454 e. The Bertz CT molecular complexity index is 975. The maximum atomic E-state index is 12.4. The van der Waals surface area contributed by atoms with Crippen molar-refractivity contribution in [1.82, 2.24) is 4.98 Å². The Hall–Kier alpha value is -2.81. The van der Waals surface area contributed by atoms with E-state index in [1.54, 1.807) is 30.5 Å². The Morgan fingerprint density at radius 2 is 2.04 bits per heavy atom. The van der Waals surface area contributed by atoms with Gasteiger partial charge in [-0.15, -0.1) is 0 Å². The van der Waals surface area contributed by atoms with Crippen molar-refractivity contribution in [1.29, 1.82) is 0 Å². The minimum atomic E-state index is -2.95. The average molecular weight is 389 g/mol. The molecule has 0 aliphatic carbocycles. The van der Waals surface area contributed by atoms with Crippen molar-refractivity contribution >= 4 is 27.2 Å². The number of ether oxygens (including phenoxy) is 2. The van der Waals surface area contributed by atoms with Crippen LogP contribution in [0.3, 0.4) is 0 Å². The molecule has 2 aliphatic rings. The fourth-order valence-electron chi connectivity index (χ4n) is 3.19. The first-order valence-corrected chi connectivity index (χ1v) is 10.3. The van der Waals surface area contributed by atoms with Crippen LogP contribution in [0.15, 0.2) is 36.5 Å². The summed E-state index contributed by atoms with van der Waals surface area (Å²) in [5.74, 6) is 1.65. The van der Waals surface area contributed by atoms with Gasteiger partial charge in [-0.2, -0.15) is 0 Å². The smallest absolute Gasteiger partial charge is 0.256 e. The molecule has 9 heteroatoms. The minimum absolute atomic E-state index is 0.0501. The summed E-state index contributed by atoms with van der Waals surface area (Å²) in [5, 5.41) is 2.74. The number of hydrogen-bond acceptors (Lipinski definition) is 7. The van der Waals surface area contributed by atoms with Gasteiger partial charge in [0.05, 0.1) is 23.4 Å². The Balaban J connectivity index is 1.42. The zero-order valence-electron chi connectivity index (χ0n) is 14.7. The molecule has 0 radical (unpaired) electrons. The molecule has 4 rings (SSSR count). The Morgan fingerprint density at radius 3 is 2.74 bits per heavy atom. The monoisotopic (exact) mass is 389 g/mol. The molecular weight excluding hydrogens is 370 g/mol. The van der Waals surface area contributed by atoms with Crippen LogP contribution in [0.5, 0.6) is 11.5 Å². The van der Waals surface area contributed by atoms with Crippen LogP contribution in [0.2, 0.25) is 0 Å². The molecule has 1 amide bonds. The van der Waals surface area contributed by atoms with Gasteiger partial charge in [0.1, 0.15) is 5.82 Å². The molecule has 0 saturated carbocycles. The number of sulfone groups is 1. The lowest BCUT2D eigenvalue weighted by Crippen LogP contribution is -2.32. The molecule has 27 heavy (non-hydrogen) atoms. The lowest BCUT2D eigenvalue weighted by Gasteiger charge is -2.25. The summed E-state index contributed by atoms with van der Waals surface area (Å²) in [5.41, 5.74) is 1.25. The fraction of sp³-hybridized carbons (Fsp3) is 0.333. The fourth-order valence-corrected chi connectivity index (χ4v) is 4.96. The molecular formula is C18H19N3O5S. The lowest BCUT2D eigenvalue weighted by atomic mass is 10.2. The molecule has 1 unspecified atom stereocenters. The Morgan fingerprint density at radius 1 is 1.22 bits per heavy atom. The van der Waals surface area contributed by atoms with Crippen molar-refractivity contribution in [2.45, 2.75) is 12.5 Å². The molecule has 2 aromatic rings. The second-order valence-electron chi connectivity index (χ2n) is 6.59. The van der Waals surface area contributed by atoms with E-state index in [2.05, 4.69) is 10.3 Å². The highest BCUT2D eigenvalue weighted by atomic mass is 32.2. The van der Waals surface area contributed by atoms with Crippen LogP contribution < -0.4 is 19.7 Å². The predicted molar refractivity (Wildman–Crippen MR) is 100 cm³/mol. The molecule has 1 saturated heterocycles. The summed E-state index contributed by atoms with van der Waals surface area (Å²) in [6, 6.07) is 8.43. The van der Waals surface area contributed by atoms with Crippen molar-refractivity contribution in [2.75, 3.05) is 35.6 Å². The van der Waals surface area contributed by atoms with Gasteiger partial charge in [0.25, 0.3) is 5.91 Å². The number of amides is 1. The van der Waals surface area contributed by atoms with E-state index in [1.807, 2.05) is 18.0 Å². The number of fused-ring (bicyclic) bond motifs is 1. The van der Waals surface area contributed by atoms with E-state index < -0.39 is 9.84 Å². The van der Waals surface area contributed by atoms with Gasteiger partial charge in [-0.25, -0.2) is 13.4 Å². The third kappa shape index (κ3) is 3.68. The van der Waals surface area contributed by atoms with Gasteiger partial charge in [-0.1, -0.05) is 0 Å². The molecule has 1 fully saturated rings. The predicted octanol–water partition coefficient (Wildman–Crippen LogP) is 1.69. The summed E-state index contributed by atoms with van der Waals surface area (Å²) in [4.78, 5) is 18.6. The summed E-state index contributed by atoms with van der Waals surface area (Å²) in [7, 11) is -1.09. The van der Waals surface area contributed by atoms with Gasteiger partial charge in [0.15, 0.2) is 21.3 Å². The standard InChI is InChI=1S/C18H19N3O5S/c1-21(14-6-7-27(23,24)10-14)13-3-5-17(19-9-13)20-18(22)12-2-4-15-16(8-12)26-11-25-15/h2-5,8-9,14H,6-7,10-11H2,1H3,(H,19,20,22). The van der Waals surface area contributed by atoms with E-state index in [0.717, 1.165) is 5.69 Å². The van der Waals surface area contributed by atoms with Crippen molar-refractivity contribution in [2.24, 2.45) is 0 Å². The van der Waals surface area contributed by atoms with Gasteiger partial charge in [-0.05, 0) is 36.8 Å². The number of rotatable bonds is 4. The van der Waals surface area contributed by atoms with Crippen LogP contribution in [0.4, 0.5) is 11.5 Å². The Labute approximate surface area is 157 Å². The Kier molecular flexibility index (Phi) is 4.39.